The van der Waals surface area contributed by atoms with Gasteiger partial charge in [0.05, 0.1) is 5.69 Å². The normalized spacial score (nSPS) is 11.8. The first-order chi connectivity index (χ1) is 7.35. The Morgan fingerprint density at radius 1 is 1.44 bits per heavy atom. The van der Waals surface area contributed by atoms with E-state index in [1.807, 2.05) is 27.7 Å². The summed E-state index contributed by atoms with van der Waals surface area (Å²) in [5.74, 6) is -0.446. The van der Waals surface area contributed by atoms with E-state index in [1.54, 1.807) is 0 Å². The molecule has 4 nitrogen and oxygen atoms in total. The van der Waals surface area contributed by atoms with Gasteiger partial charge in [0.1, 0.15) is 5.56 Å². The third-order valence-electron chi connectivity index (χ3n) is 2.22. The van der Waals surface area contributed by atoms with Crippen LogP contribution in [-0.4, -0.2) is 16.2 Å². The van der Waals surface area contributed by atoms with E-state index in [0.29, 0.717) is 24.3 Å². The molecule has 0 unspecified atom stereocenters. The molecule has 0 aliphatic heterocycles. The molecule has 0 aliphatic carbocycles. The third-order valence-corrected chi connectivity index (χ3v) is 2.22. The maximum Gasteiger partial charge on any atom is 0.341 e. The molecular formula is C12H19NO3. The summed E-state index contributed by atoms with van der Waals surface area (Å²) in [5, 5.41) is 13.0. The van der Waals surface area contributed by atoms with Gasteiger partial charge in [0.15, 0.2) is 5.76 Å². The summed E-state index contributed by atoms with van der Waals surface area (Å²) >= 11 is 0. The van der Waals surface area contributed by atoms with Crippen molar-refractivity contribution in [2.75, 3.05) is 0 Å². The summed E-state index contributed by atoms with van der Waals surface area (Å²) in [6, 6.07) is 0. The Morgan fingerprint density at radius 2 is 2.06 bits per heavy atom. The molecule has 90 valence electrons. The van der Waals surface area contributed by atoms with Crippen LogP contribution >= 0.6 is 0 Å². The zero-order valence-corrected chi connectivity index (χ0v) is 10.3. The molecule has 16 heavy (non-hydrogen) atoms. The quantitative estimate of drug-likeness (QED) is 0.855. The second-order valence-corrected chi connectivity index (χ2v) is 5.22. The Labute approximate surface area is 95.6 Å². The Hall–Kier alpha value is -1.32. The number of carboxylic acids is 1. The van der Waals surface area contributed by atoms with Crippen LogP contribution in [0.3, 0.4) is 0 Å². The molecule has 0 aliphatic rings. The number of aromatic nitrogens is 1. The van der Waals surface area contributed by atoms with Crippen molar-refractivity contribution in [2.45, 2.75) is 47.0 Å². The zero-order valence-electron chi connectivity index (χ0n) is 10.3. The van der Waals surface area contributed by atoms with Crippen molar-refractivity contribution in [1.29, 1.82) is 0 Å². The topological polar surface area (TPSA) is 63.3 Å². The predicted molar refractivity (Wildman–Crippen MR) is 60.6 cm³/mol. The van der Waals surface area contributed by atoms with Crippen LogP contribution in [0, 0.1) is 5.41 Å². The van der Waals surface area contributed by atoms with Crippen LogP contribution in [-0.2, 0) is 12.8 Å². The van der Waals surface area contributed by atoms with Gasteiger partial charge in [-0.2, -0.15) is 0 Å². The molecule has 0 aromatic carbocycles. The minimum absolute atomic E-state index is 0.00452. The average molecular weight is 225 g/mol. The van der Waals surface area contributed by atoms with Crippen LogP contribution in [0.4, 0.5) is 0 Å². The van der Waals surface area contributed by atoms with E-state index in [2.05, 4.69) is 5.16 Å². The highest BCUT2D eigenvalue weighted by Crippen LogP contribution is 2.24. The van der Waals surface area contributed by atoms with Crippen molar-refractivity contribution in [3.63, 3.8) is 0 Å². The van der Waals surface area contributed by atoms with Gasteiger partial charge in [-0.05, 0) is 18.3 Å². The molecule has 0 radical (unpaired) electrons. The minimum Gasteiger partial charge on any atom is -0.477 e. The summed E-state index contributed by atoms with van der Waals surface area (Å²) < 4.78 is 5.11. The number of aromatic carboxylic acids is 1. The fourth-order valence-corrected chi connectivity index (χ4v) is 1.63. The lowest BCUT2D eigenvalue weighted by molar-refractivity contribution is 0.0693. The maximum atomic E-state index is 11.2. The van der Waals surface area contributed by atoms with Crippen molar-refractivity contribution in [1.82, 2.24) is 5.16 Å². The van der Waals surface area contributed by atoms with Crippen LogP contribution in [0.15, 0.2) is 4.52 Å². The van der Waals surface area contributed by atoms with Gasteiger partial charge in [-0.3, -0.25) is 0 Å². The van der Waals surface area contributed by atoms with Gasteiger partial charge < -0.3 is 9.63 Å². The number of aryl methyl sites for hydroxylation is 1. The summed E-state index contributed by atoms with van der Waals surface area (Å²) in [4.78, 5) is 11.2. The third kappa shape index (κ3) is 3.08. The number of carbonyl (C=O) groups is 1. The average Bonchev–Trinajstić information content (AvgIpc) is 2.45. The molecule has 1 aromatic rings. The molecule has 0 spiro atoms. The van der Waals surface area contributed by atoms with Gasteiger partial charge in [-0.15, -0.1) is 0 Å². The van der Waals surface area contributed by atoms with Gasteiger partial charge in [0.25, 0.3) is 0 Å². The molecule has 0 bridgehead atoms. The van der Waals surface area contributed by atoms with Crippen molar-refractivity contribution in [2.24, 2.45) is 5.41 Å². The molecule has 1 aromatic heterocycles. The Morgan fingerprint density at radius 3 is 2.50 bits per heavy atom. The number of hydrogen-bond acceptors (Lipinski definition) is 3. The SMILES string of the molecule is CCCc1onc(CC(C)(C)C)c1C(=O)O. The zero-order chi connectivity index (χ0) is 12.3. The summed E-state index contributed by atoms with van der Waals surface area (Å²) in [7, 11) is 0. The highest BCUT2D eigenvalue weighted by atomic mass is 16.5. The van der Waals surface area contributed by atoms with Crippen molar-refractivity contribution < 1.29 is 14.4 Å². The summed E-state index contributed by atoms with van der Waals surface area (Å²) in [5.41, 5.74) is 0.824. The van der Waals surface area contributed by atoms with Crippen molar-refractivity contribution >= 4 is 5.97 Å². The van der Waals surface area contributed by atoms with Gasteiger partial charge >= 0.3 is 5.97 Å². The van der Waals surface area contributed by atoms with E-state index in [9.17, 15) is 4.79 Å². The lowest BCUT2D eigenvalue weighted by atomic mass is 9.89. The second-order valence-electron chi connectivity index (χ2n) is 5.22. The molecule has 0 fully saturated rings. The van der Waals surface area contributed by atoms with E-state index in [1.165, 1.54) is 0 Å². The number of carboxylic acid groups (broad SMARTS) is 1. The Balaban J connectivity index is 3.05. The van der Waals surface area contributed by atoms with Crippen LogP contribution < -0.4 is 0 Å². The Bertz CT molecular complexity index is 374. The lowest BCUT2D eigenvalue weighted by Crippen LogP contribution is -2.13. The standard InChI is InChI=1S/C12H19NO3/c1-5-6-9-10(11(14)15)8(13-16-9)7-12(2,3)4/h5-7H2,1-4H3,(H,14,15). The molecular weight excluding hydrogens is 206 g/mol. The van der Waals surface area contributed by atoms with Crippen LogP contribution in [0.2, 0.25) is 0 Å². The predicted octanol–water partition coefficient (Wildman–Crippen LogP) is 2.91. The highest BCUT2D eigenvalue weighted by Gasteiger charge is 2.25. The molecule has 4 heteroatoms. The first kappa shape index (κ1) is 12.7. The van der Waals surface area contributed by atoms with Gasteiger partial charge in [-0.1, -0.05) is 32.9 Å². The number of rotatable bonds is 4. The van der Waals surface area contributed by atoms with Gasteiger partial charge in [0.2, 0.25) is 0 Å². The first-order valence-corrected chi connectivity index (χ1v) is 5.56. The largest absolute Gasteiger partial charge is 0.477 e. The summed E-state index contributed by atoms with van der Waals surface area (Å²) in [6.45, 7) is 8.13. The van der Waals surface area contributed by atoms with Crippen molar-refractivity contribution in [3.8, 4) is 0 Å². The number of nitrogens with zero attached hydrogens (tertiary/aromatic N) is 1. The fraction of sp³-hybridized carbons (Fsp3) is 0.667. The van der Waals surface area contributed by atoms with Crippen LogP contribution in [0.5, 0.6) is 0 Å². The highest BCUT2D eigenvalue weighted by molar-refractivity contribution is 5.90. The lowest BCUT2D eigenvalue weighted by Gasteiger charge is -2.15. The van der Waals surface area contributed by atoms with E-state index in [0.717, 1.165) is 6.42 Å². The molecule has 0 atom stereocenters. The first-order valence-electron chi connectivity index (χ1n) is 5.56. The number of hydrogen-bond donors (Lipinski definition) is 1. The molecule has 1 N–H and O–H groups in total. The monoisotopic (exact) mass is 225 g/mol. The molecule has 1 rings (SSSR count). The Kier molecular flexibility index (Phi) is 3.73. The van der Waals surface area contributed by atoms with E-state index < -0.39 is 5.97 Å². The van der Waals surface area contributed by atoms with Crippen LogP contribution in [0.1, 0.15) is 55.9 Å². The fourth-order valence-electron chi connectivity index (χ4n) is 1.63. The molecule has 0 amide bonds. The van der Waals surface area contributed by atoms with Crippen LogP contribution in [0.25, 0.3) is 0 Å². The van der Waals surface area contributed by atoms with Gasteiger partial charge in [0, 0.05) is 6.42 Å². The maximum absolute atomic E-state index is 11.2. The smallest absolute Gasteiger partial charge is 0.341 e. The molecule has 0 saturated heterocycles. The molecule has 1 heterocycles. The van der Waals surface area contributed by atoms with E-state index in [4.69, 9.17) is 9.63 Å². The minimum atomic E-state index is -0.941. The van der Waals surface area contributed by atoms with Crippen molar-refractivity contribution in [3.05, 3.63) is 17.0 Å². The second kappa shape index (κ2) is 4.68. The van der Waals surface area contributed by atoms with E-state index in [-0.39, 0.29) is 11.0 Å². The summed E-state index contributed by atoms with van der Waals surface area (Å²) in [6.07, 6.45) is 2.09. The van der Waals surface area contributed by atoms with Gasteiger partial charge in [-0.25, -0.2) is 4.79 Å². The van der Waals surface area contributed by atoms with E-state index >= 15 is 0 Å². The molecule has 0 saturated carbocycles.